The summed E-state index contributed by atoms with van der Waals surface area (Å²) in [4.78, 5) is 0. The number of aliphatic hydroxyl groups is 1. The zero-order valence-electron chi connectivity index (χ0n) is 13.7. The Morgan fingerprint density at radius 2 is 1.92 bits per heavy atom. The zero-order valence-corrected chi connectivity index (χ0v) is 14.5. The number of alkyl halides is 3. The first-order valence-electron chi connectivity index (χ1n) is 7.47. The van der Waals surface area contributed by atoms with Crippen LogP contribution in [0.2, 0.25) is 0 Å². The molecule has 2 rings (SSSR count). The van der Waals surface area contributed by atoms with Gasteiger partial charge in [0.25, 0.3) is 0 Å². The van der Waals surface area contributed by atoms with Gasteiger partial charge < -0.3 is 9.67 Å². The highest BCUT2D eigenvalue weighted by Gasteiger charge is 2.35. The fraction of sp³-hybridized carbons (Fsp3) is 0.412. The molecular formula is C17H16F3N3OS. The van der Waals surface area contributed by atoms with E-state index in [-0.39, 0.29) is 12.1 Å². The van der Waals surface area contributed by atoms with Crippen molar-refractivity contribution in [3.8, 4) is 12.1 Å². The second-order valence-electron chi connectivity index (χ2n) is 5.75. The third-order valence-electron chi connectivity index (χ3n) is 3.83. The molecule has 0 aliphatic heterocycles. The molecule has 0 spiro atoms. The van der Waals surface area contributed by atoms with Gasteiger partial charge in [0, 0.05) is 16.7 Å². The number of hydrogen-bond acceptors (Lipinski definition) is 4. The van der Waals surface area contributed by atoms with Crippen molar-refractivity contribution in [3.63, 3.8) is 0 Å². The minimum Gasteiger partial charge on any atom is -0.383 e. The first-order valence-corrected chi connectivity index (χ1v) is 8.63. The molecular weight excluding hydrogens is 351 g/mol. The Balaban J connectivity index is 2.76. The number of rotatable bonds is 5. The van der Waals surface area contributed by atoms with Crippen LogP contribution in [0.4, 0.5) is 13.2 Å². The molecule has 0 radical (unpaired) electrons. The van der Waals surface area contributed by atoms with Crippen LogP contribution in [0.5, 0.6) is 0 Å². The van der Waals surface area contributed by atoms with Crippen LogP contribution in [-0.4, -0.2) is 21.2 Å². The summed E-state index contributed by atoms with van der Waals surface area (Å²) in [6.45, 7) is 3.29. The SMILES string of the molecule is CCSC[C@](C)(O)c1cc2cc(C#N)c(C(F)(F)F)cc2n1CC#N. The molecule has 0 saturated heterocycles. The fourth-order valence-corrected chi connectivity index (χ4v) is 3.45. The van der Waals surface area contributed by atoms with E-state index in [1.807, 2.05) is 13.0 Å². The lowest BCUT2D eigenvalue weighted by atomic mass is 10.0. The molecule has 4 nitrogen and oxygen atoms in total. The summed E-state index contributed by atoms with van der Waals surface area (Å²) in [6, 6.07) is 7.05. The van der Waals surface area contributed by atoms with Gasteiger partial charge in [0.15, 0.2) is 0 Å². The van der Waals surface area contributed by atoms with E-state index in [0.717, 1.165) is 17.9 Å². The van der Waals surface area contributed by atoms with E-state index in [0.29, 0.717) is 16.8 Å². The molecule has 0 aliphatic rings. The standard InChI is InChI=1S/C17H16F3N3OS/c1-3-25-10-16(2,24)15-7-11-6-12(9-22)13(17(18,19)20)8-14(11)23(15)5-4-21/h6-8,24H,3,5,10H2,1-2H3/t16-/m0/s1. The van der Waals surface area contributed by atoms with Gasteiger partial charge in [0.05, 0.1) is 29.0 Å². The molecule has 0 fully saturated rings. The Morgan fingerprint density at radius 1 is 1.24 bits per heavy atom. The van der Waals surface area contributed by atoms with Gasteiger partial charge in [-0.15, -0.1) is 0 Å². The lowest BCUT2D eigenvalue weighted by Gasteiger charge is -2.24. The molecule has 8 heteroatoms. The van der Waals surface area contributed by atoms with Crippen LogP contribution in [-0.2, 0) is 18.3 Å². The number of nitrogens with zero attached hydrogens (tertiary/aromatic N) is 3. The van der Waals surface area contributed by atoms with Crippen LogP contribution in [0.1, 0.15) is 30.7 Å². The van der Waals surface area contributed by atoms with E-state index < -0.39 is 22.9 Å². The summed E-state index contributed by atoms with van der Waals surface area (Å²) in [6.07, 6.45) is -4.68. The number of thioether (sulfide) groups is 1. The Kier molecular flexibility index (Phi) is 5.36. The molecule has 0 unspecified atom stereocenters. The third kappa shape index (κ3) is 3.76. The van der Waals surface area contributed by atoms with Crippen molar-refractivity contribution in [3.05, 3.63) is 35.0 Å². The molecule has 1 heterocycles. The predicted molar refractivity (Wildman–Crippen MR) is 89.8 cm³/mol. The number of halogens is 3. The van der Waals surface area contributed by atoms with Crippen molar-refractivity contribution in [1.29, 1.82) is 10.5 Å². The minimum atomic E-state index is -4.68. The van der Waals surface area contributed by atoms with Crippen LogP contribution in [0, 0.1) is 22.7 Å². The second kappa shape index (κ2) is 6.99. The highest BCUT2D eigenvalue weighted by Crippen LogP contribution is 2.37. The van der Waals surface area contributed by atoms with Gasteiger partial charge in [-0.05, 0) is 30.9 Å². The summed E-state index contributed by atoms with van der Waals surface area (Å²) in [5, 5.41) is 29.2. The number of aromatic nitrogens is 1. The lowest BCUT2D eigenvalue weighted by molar-refractivity contribution is -0.137. The minimum absolute atomic E-state index is 0.171. The van der Waals surface area contributed by atoms with E-state index >= 15 is 0 Å². The first kappa shape index (κ1) is 19.2. The first-order chi connectivity index (χ1) is 11.7. The molecule has 132 valence electrons. The van der Waals surface area contributed by atoms with Crippen molar-refractivity contribution in [2.75, 3.05) is 11.5 Å². The van der Waals surface area contributed by atoms with Gasteiger partial charge in [0.1, 0.15) is 12.1 Å². The summed E-state index contributed by atoms with van der Waals surface area (Å²) in [5.74, 6) is 1.11. The summed E-state index contributed by atoms with van der Waals surface area (Å²) in [5.41, 5.74) is -2.32. The monoisotopic (exact) mass is 367 g/mol. The smallest absolute Gasteiger partial charge is 0.383 e. The average molecular weight is 367 g/mol. The quantitative estimate of drug-likeness (QED) is 0.866. The van der Waals surface area contributed by atoms with Gasteiger partial charge in [-0.2, -0.15) is 35.5 Å². The number of fused-ring (bicyclic) bond motifs is 1. The Bertz CT molecular complexity index is 872. The highest BCUT2D eigenvalue weighted by molar-refractivity contribution is 7.99. The maximum atomic E-state index is 13.2. The Labute approximate surface area is 147 Å². The van der Waals surface area contributed by atoms with Crippen LogP contribution >= 0.6 is 11.8 Å². The lowest BCUT2D eigenvalue weighted by Crippen LogP contribution is -2.28. The summed E-state index contributed by atoms with van der Waals surface area (Å²) in [7, 11) is 0. The summed E-state index contributed by atoms with van der Waals surface area (Å²) < 4.78 is 41.0. The van der Waals surface area contributed by atoms with Crippen molar-refractivity contribution in [1.82, 2.24) is 4.57 Å². The van der Waals surface area contributed by atoms with E-state index in [2.05, 4.69) is 0 Å². The van der Waals surface area contributed by atoms with Gasteiger partial charge in [-0.25, -0.2) is 0 Å². The van der Waals surface area contributed by atoms with Crippen molar-refractivity contribution in [2.24, 2.45) is 0 Å². The number of benzene rings is 1. The molecule has 0 bridgehead atoms. The van der Waals surface area contributed by atoms with Crippen molar-refractivity contribution >= 4 is 22.7 Å². The molecule has 1 aromatic heterocycles. The third-order valence-corrected chi connectivity index (χ3v) is 5.01. The predicted octanol–water partition coefficient (Wildman–Crippen LogP) is 4.02. The van der Waals surface area contributed by atoms with E-state index in [4.69, 9.17) is 10.5 Å². The molecule has 2 aromatic rings. The van der Waals surface area contributed by atoms with Crippen molar-refractivity contribution < 1.29 is 18.3 Å². The summed E-state index contributed by atoms with van der Waals surface area (Å²) >= 11 is 1.48. The fourth-order valence-electron chi connectivity index (χ4n) is 2.70. The topological polar surface area (TPSA) is 72.7 Å². The van der Waals surface area contributed by atoms with Crippen LogP contribution in [0.25, 0.3) is 10.9 Å². The Morgan fingerprint density at radius 3 is 2.44 bits per heavy atom. The molecule has 1 atom stereocenters. The largest absolute Gasteiger partial charge is 0.417 e. The van der Waals surface area contributed by atoms with E-state index in [1.54, 1.807) is 19.1 Å². The van der Waals surface area contributed by atoms with E-state index in [9.17, 15) is 18.3 Å². The van der Waals surface area contributed by atoms with Crippen molar-refractivity contribution in [2.45, 2.75) is 32.2 Å². The molecule has 0 amide bonds. The van der Waals surface area contributed by atoms with Crippen LogP contribution in [0.15, 0.2) is 18.2 Å². The maximum Gasteiger partial charge on any atom is 0.417 e. The van der Waals surface area contributed by atoms with Crippen LogP contribution < -0.4 is 0 Å². The average Bonchev–Trinajstić information content (AvgIpc) is 2.90. The van der Waals surface area contributed by atoms with Gasteiger partial charge >= 0.3 is 6.18 Å². The highest BCUT2D eigenvalue weighted by atomic mass is 32.2. The van der Waals surface area contributed by atoms with Crippen LogP contribution in [0.3, 0.4) is 0 Å². The van der Waals surface area contributed by atoms with E-state index in [1.165, 1.54) is 16.3 Å². The van der Waals surface area contributed by atoms with Gasteiger partial charge in [-0.1, -0.05) is 6.92 Å². The van der Waals surface area contributed by atoms with Gasteiger partial charge in [-0.3, -0.25) is 0 Å². The molecule has 25 heavy (non-hydrogen) atoms. The normalized spacial score (nSPS) is 14.1. The maximum absolute atomic E-state index is 13.2. The zero-order chi connectivity index (χ0) is 18.8. The molecule has 1 aromatic carbocycles. The second-order valence-corrected chi connectivity index (χ2v) is 7.03. The van der Waals surface area contributed by atoms with Gasteiger partial charge in [0.2, 0.25) is 0 Å². The number of nitriles is 2. The molecule has 0 saturated carbocycles. The molecule has 0 aliphatic carbocycles. The molecule has 1 N–H and O–H groups in total. The number of hydrogen-bond donors (Lipinski definition) is 1. The Hall–Kier alpha value is -2.16.